The Bertz CT molecular complexity index is 984. The van der Waals surface area contributed by atoms with E-state index in [9.17, 15) is 14.4 Å². The summed E-state index contributed by atoms with van der Waals surface area (Å²) in [6, 6.07) is 10.6. The van der Waals surface area contributed by atoms with Gasteiger partial charge in [-0.2, -0.15) is 0 Å². The maximum atomic E-state index is 12.6. The molecule has 0 aromatic heterocycles. The van der Waals surface area contributed by atoms with Crippen molar-refractivity contribution in [1.29, 1.82) is 0 Å². The average Bonchev–Trinajstić information content (AvgIpc) is 3.13. The van der Waals surface area contributed by atoms with Crippen molar-refractivity contribution in [2.45, 2.75) is 26.9 Å². The van der Waals surface area contributed by atoms with Crippen LogP contribution in [0.25, 0.3) is 0 Å². The van der Waals surface area contributed by atoms with Crippen LogP contribution < -0.4 is 14.4 Å². The Balaban J connectivity index is 1.71. The van der Waals surface area contributed by atoms with E-state index in [0.29, 0.717) is 28.3 Å². The molecule has 0 saturated carbocycles. The van der Waals surface area contributed by atoms with E-state index in [1.807, 2.05) is 19.1 Å². The Hall–Kier alpha value is -3.35. The molecular formula is C23H25NO6. The summed E-state index contributed by atoms with van der Waals surface area (Å²) in [5.74, 6) is -0.181. The van der Waals surface area contributed by atoms with E-state index in [1.54, 1.807) is 36.3 Å². The van der Waals surface area contributed by atoms with Gasteiger partial charge in [-0.15, -0.1) is 0 Å². The molecule has 158 valence electrons. The van der Waals surface area contributed by atoms with E-state index in [4.69, 9.17) is 14.2 Å². The van der Waals surface area contributed by atoms with E-state index in [-0.39, 0.29) is 31.3 Å². The van der Waals surface area contributed by atoms with Crippen molar-refractivity contribution in [3.05, 3.63) is 53.1 Å². The third kappa shape index (κ3) is 4.45. The number of Topliss-reactive ketones (excluding diaryl/α,β-unsaturated/α-hetero) is 1. The van der Waals surface area contributed by atoms with Crippen molar-refractivity contribution >= 4 is 23.3 Å². The van der Waals surface area contributed by atoms with Gasteiger partial charge in [-0.3, -0.25) is 14.4 Å². The number of anilines is 1. The summed E-state index contributed by atoms with van der Waals surface area (Å²) in [7, 11) is 3.06. The number of hydrogen-bond donors (Lipinski definition) is 0. The van der Waals surface area contributed by atoms with Crippen LogP contribution in [-0.2, 0) is 20.9 Å². The zero-order valence-corrected chi connectivity index (χ0v) is 17.6. The van der Waals surface area contributed by atoms with Gasteiger partial charge in [-0.1, -0.05) is 6.07 Å². The molecule has 0 bridgehead atoms. The molecule has 1 amide bonds. The van der Waals surface area contributed by atoms with Gasteiger partial charge in [0.2, 0.25) is 5.91 Å². The number of aryl methyl sites for hydroxylation is 1. The highest BCUT2D eigenvalue weighted by molar-refractivity contribution is 6.00. The molecule has 1 atom stereocenters. The van der Waals surface area contributed by atoms with Crippen LogP contribution in [0.1, 0.15) is 34.8 Å². The number of hydrogen-bond acceptors (Lipinski definition) is 6. The van der Waals surface area contributed by atoms with Crippen LogP contribution in [0.2, 0.25) is 0 Å². The van der Waals surface area contributed by atoms with Crippen LogP contribution >= 0.6 is 0 Å². The molecule has 3 rings (SSSR count). The summed E-state index contributed by atoms with van der Waals surface area (Å²) in [6.45, 7) is 3.58. The van der Waals surface area contributed by atoms with Crippen LogP contribution in [0.15, 0.2) is 36.4 Å². The molecule has 0 unspecified atom stereocenters. The van der Waals surface area contributed by atoms with Gasteiger partial charge in [0.1, 0.15) is 18.1 Å². The first-order chi connectivity index (χ1) is 14.3. The van der Waals surface area contributed by atoms with Crippen molar-refractivity contribution in [1.82, 2.24) is 0 Å². The molecule has 2 aromatic rings. The van der Waals surface area contributed by atoms with Crippen molar-refractivity contribution in [3.63, 3.8) is 0 Å². The van der Waals surface area contributed by atoms with Crippen molar-refractivity contribution < 1.29 is 28.6 Å². The molecule has 1 aliphatic rings. The van der Waals surface area contributed by atoms with Gasteiger partial charge >= 0.3 is 5.97 Å². The third-order valence-electron chi connectivity index (χ3n) is 5.14. The second-order valence-electron chi connectivity index (χ2n) is 7.27. The van der Waals surface area contributed by atoms with Gasteiger partial charge in [0.05, 0.1) is 25.8 Å². The Morgan fingerprint density at radius 1 is 1.07 bits per heavy atom. The van der Waals surface area contributed by atoms with Crippen molar-refractivity contribution in [3.8, 4) is 11.5 Å². The van der Waals surface area contributed by atoms with Gasteiger partial charge in [0.25, 0.3) is 0 Å². The largest absolute Gasteiger partial charge is 0.496 e. The topological polar surface area (TPSA) is 82.1 Å². The van der Waals surface area contributed by atoms with Crippen LogP contribution in [0.4, 0.5) is 5.69 Å². The molecule has 0 aliphatic carbocycles. The Labute approximate surface area is 175 Å². The first-order valence-electron chi connectivity index (χ1n) is 9.63. The number of nitrogens with zero attached hydrogens (tertiary/aromatic N) is 1. The van der Waals surface area contributed by atoms with E-state index < -0.39 is 11.9 Å². The lowest BCUT2D eigenvalue weighted by molar-refractivity contribution is -0.149. The quantitative estimate of drug-likeness (QED) is 0.514. The molecule has 7 nitrogen and oxygen atoms in total. The number of ether oxygens (including phenoxy) is 3. The summed E-state index contributed by atoms with van der Waals surface area (Å²) >= 11 is 0. The van der Waals surface area contributed by atoms with Gasteiger partial charge < -0.3 is 19.1 Å². The Morgan fingerprint density at radius 3 is 2.43 bits per heavy atom. The number of benzene rings is 2. The summed E-state index contributed by atoms with van der Waals surface area (Å²) in [5.41, 5.74) is 2.74. The maximum Gasteiger partial charge on any atom is 0.311 e. The predicted molar refractivity (Wildman–Crippen MR) is 111 cm³/mol. The summed E-state index contributed by atoms with van der Waals surface area (Å²) in [5, 5.41) is 0. The monoisotopic (exact) mass is 411 g/mol. The highest BCUT2D eigenvalue weighted by Gasteiger charge is 2.37. The summed E-state index contributed by atoms with van der Waals surface area (Å²) in [6.07, 6.45) is 0.0700. The molecule has 1 fully saturated rings. The molecule has 0 N–H and O–H groups in total. The zero-order chi connectivity index (χ0) is 21.8. The predicted octanol–water partition coefficient (Wildman–Crippen LogP) is 3.31. The lowest BCUT2D eigenvalue weighted by Crippen LogP contribution is -2.27. The smallest absolute Gasteiger partial charge is 0.311 e. The number of amides is 1. The maximum absolute atomic E-state index is 12.6. The van der Waals surface area contributed by atoms with Gasteiger partial charge in [0.15, 0.2) is 5.78 Å². The third-order valence-corrected chi connectivity index (χ3v) is 5.14. The van der Waals surface area contributed by atoms with Crippen LogP contribution in [-0.4, -0.2) is 38.4 Å². The van der Waals surface area contributed by atoms with Crippen LogP contribution in [0.3, 0.4) is 0 Å². The SMILES string of the molecule is COc1ccc(C(C)=O)cc1COC(=O)[C@@H]1CC(=O)N(c2cc(C)ccc2OC)C1. The molecule has 7 heteroatoms. The molecule has 2 aromatic carbocycles. The normalized spacial score (nSPS) is 15.8. The minimum atomic E-state index is -0.579. The Kier molecular flexibility index (Phi) is 6.40. The van der Waals surface area contributed by atoms with E-state index in [2.05, 4.69) is 0 Å². The highest BCUT2D eigenvalue weighted by atomic mass is 16.5. The average molecular weight is 411 g/mol. The zero-order valence-electron chi connectivity index (χ0n) is 17.6. The van der Waals surface area contributed by atoms with Gasteiger partial charge in [-0.25, -0.2) is 0 Å². The van der Waals surface area contributed by atoms with Crippen molar-refractivity contribution in [2.75, 3.05) is 25.7 Å². The molecule has 1 saturated heterocycles. The minimum absolute atomic E-state index is 0.0401. The number of carbonyl (C=O) groups excluding carboxylic acids is 3. The molecule has 1 aliphatic heterocycles. The fraction of sp³-hybridized carbons (Fsp3) is 0.348. The van der Waals surface area contributed by atoms with Crippen molar-refractivity contribution in [2.24, 2.45) is 5.92 Å². The molecular weight excluding hydrogens is 386 g/mol. The second-order valence-corrected chi connectivity index (χ2v) is 7.27. The van der Waals surface area contributed by atoms with Gasteiger partial charge in [-0.05, 0) is 49.7 Å². The number of methoxy groups -OCH3 is 2. The fourth-order valence-electron chi connectivity index (χ4n) is 3.49. The number of carbonyl (C=O) groups is 3. The lowest BCUT2D eigenvalue weighted by atomic mass is 10.1. The highest BCUT2D eigenvalue weighted by Crippen LogP contribution is 2.34. The molecule has 1 heterocycles. The van der Waals surface area contributed by atoms with E-state index >= 15 is 0 Å². The van der Waals surface area contributed by atoms with E-state index in [1.165, 1.54) is 14.0 Å². The van der Waals surface area contributed by atoms with E-state index in [0.717, 1.165) is 5.56 Å². The molecule has 30 heavy (non-hydrogen) atoms. The Morgan fingerprint density at radius 2 is 1.77 bits per heavy atom. The standard InChI is InChI=1S/C23H25NO6/c1-14-5-7-21(29-4)19(9-14)24-12-17(11-22(24)26)23(27)30-13-18-10-16(15(2)25)6-8-20(18)28-3/h5-10,17H,11-13H2,1-4H3/t17-/m1/s1. The lowest BCUT2D eigenvalue weighted by Gasteiger charge is -2.20. The van der Waals surface area contributed by atoms with Crippen LogP contribution in [0, 0.1) is 12.8 Å². The van der Waals surface area contributed by atoms with Crippen LogP contribution in [0.5, 0.6) is 11.5 Å². The first-order valence-corrected chi connectivity index (χ1v) is 9.63. The number of esters is 1. The molecule has 0 spiro atoms. The first kappa shape index (κ1) is 21.4. The minimum Gasteiger partial charge on any atom is -0.496 e. The second kappa shape index (κ2) is 8.98. The summed E-state index contributed by atoms with van der Waals surface area (Å²) < 4.78 is 16.1. The fourth-order valence-corrected chi connectivity index (χ4v) is 3.49. The van der Waals surface area contributed by atoms with Gasteiger partial charge in [0, 0.05) is 24.1 Å². The summed E-state index contributed by atoms with van der Waals surface area (Å²) in [4.78, 5) is 38.4. The number of rotatable bonds is 7. The number of ketones is 1. The molecule has 0 radical (unpaired) electrons.